The molecule has 1 unspecified atom stereocenters. The number of hydrogen-bond acceptors (Lipinski definition) is 6. The average Bonchev–Trinajstić information content (AvgIpc) is 2.99. The fourth-order valence-electron chi connectivity index (χ4n) is 2.88. The van der Waals surface area contributed by atoms with Crippen LogP contribution in [0.4, 0.5) is 5.69 Å². The molecule has 1 heterocycles. The number of nitrogens with zero attached hydrogens (tertiary/aromatic N) is 2. The maximum atomic E-state index is 12.8. The van der Waals surface area contributed by atoms with Crippen LogP contribution in [0.1, 0.15) is 26.3 Å². The van der Waals surface area contributed by atoms with Crippen molar-refractivity contribution in [2.75, 3.05) is 0 Å². The number of benzene rings is 2. The predicted octanol–water partition coefficient (Wildman–Crippen LogP) is 3.61. The quantitative estimate of drug-likeness (QED) is 0.549. The van der Waals surface area contributed by atoms with Crippen LogP contribution in [0.5, 0.6) is 0 Å². The zero-order valence-corrected chi connectivity index (χ0v) is 17.8. The number of nitro groups is 1. The molecule has 10 heteroatoms. The minimum Gasteiger partial charge on any atom is -0.284 e. The Balaban J connectivity index is 2.00. The Morgan fingerprint density at radius 2 is 1.66 bits per heavy atom. The number of sulfonamides is 1. The van der Waals surface area contributed by atoms with E-state index >= 15 is 0 Å². The van der Waals surface area contributed by atoms with E-state index in [1.165, 1.54) is 30.5 Å². The van der Waals surface area contributed by atoms with Gasteiger partial charge in [0.25, 0.3) is 15.7 Å². The summed E-state index contributed by atoms with van der Waals surface area (Å²) >= 11 is 0. The number of aliphatic imine (C=N–C) groups is 1. The zero-order valence-electron chi connectivity index (χ0n) is 16.2. The van der Waals surface area contributed by atoms with E-state index in [-0.39, 0.29) is 10.6 Å². The number of nitrogens with two attached hydrogens (primary N) is 1. The van der Waals surface area contributed by atoms with Crippen LogP contribution in [0.2, 0.25) is 0 Å². The van der Waals surface area contributed by atoms with Gasteiger partial charge in [-0.05, 0) is 24.3 Å². The van der Waals surface area contributed by atoms with Gasteiger partial charge in [-0.25, -0.2) is 13.4 Å². The highest BCUT2D eigenvalue weighted by molar-refractivity contribution is 8.48. The first kappa shape index (κ1) is 21.0. The van der Waals surface area contributed by atoms with Crippen LogP contribution in [0.15, 0.2) is 75.7 Å². The molecule has 0 bridgehead atoms. The lowest BCUT2D eigenvalue weighted by Crippen LogP contribution is -2.41. The summed E-state index contributed by atoms with van der Waals surface area (Å²) in [6.45, 7) is 5.75. The third kappa shape index (κ3) is 3.78. The molecule has 3 N–H and O–H groups in total. The molecule has 2 aromatic rings. The molecule has 1 atom stereocenters. The van der Waals surface area contributed by atoms with Gasteiger partial charge in [0.2, 0.25) is 0 Å². The Bertz CT molecular complexity index is 1110. The van der Waals surface area contributed by atoms with Crippen molar-refractivity contribution in [3.05, 3.63) is 81.5 Å². The molecule has 0 saturated heterocycles. The largest absolute Gasteiger partial charge is 0.284 e. The maximum Gasteiger partial charge on any atom is 0.269 e. The molecule has 0 radical (unpaired) electrons. The molecule has 0 amide bonds. The summed E-state index contributed by atoms with van der Waals surface area (Å²) in [6, 6.07) is 13.9. The molecule has 29 heavy (non-hydrogen) atoms. The summed E-state index contributed by atoms with van der Waals surface area (Å²) in [4.78, 5) is 15.0. The lowest BCUT2D eigenvalue weighted by Gasteiger charge is -2.46. The summed E-state index contributed by atoms with van der Waals surface area (Å²) in [5, 5.41) is 18.6. The van der Waals surface area contributed by atoms with Gasteiger partial charge in [-0.15, -0.1) is 0 Å². The second kappa shape index (κ2) is 7.29. The number of rotatable bonds is 5. The fourth-order valence-corrected chi connectivity index (χ4v) is 7.08. The average molecular weight is 435 g/mol. The van der Waals surface area contributed by atoms with Crippen molar-refractivity contribution in [1.29, 1.82) is 0 Å². The molecule has 0 aromatic heterocycles. The number of nitro benzene ring substituents is 1. The molecule has 0 aliphatic carbocycles. The first-order valence-corrected chi connectivity index (χ1v) is 11.9. The Kier molecular flexibility index (Phi) is 5.28. The lowest BCUT2D eigenvalue weighted by atomic mass is 10.2. The second-order valence-electron chi connectivity index (χ2n) is 7.42. The molecule has 1 aliphatic heterocycles. The standard InChI is InChI=1S/C19H22N4O4S2/c1-19(2,3)28(20)17(22-29(26,27)16-7-5-4-6-8-16)13-21-18(28)14-9-11-15(12-10-14)23(24)25/h4-13,22H,20H2,1-3H3. The second-order valence-corrected chi connectivity index (χ2v) is 12.5. The van der Waals surface area contributed by atoms with Crippen molar-refractivity contribution in [2.24, 2.45) is 10.1 Å². The van der Waals surface area contributed by atoms with Gasteiger partial charge in [-0.3, -0.25) is 20.0 Å². The molecule has 0 fully saturated rings. The molecule has 3 rings (SSSR count). The highest BCUT2D eigenvalue weighted by Crippen LogP contribution is 2.62. The molecule has 0 spiro atoms. The predicted molar refractivity (Wildman–Crippen MR) is 116 cm³/mol. The number of non-ortho nitro benzene ring substituents is 1. The van der Waals surface area contributed by atoms with Crippen LogP contribution in [0, 0.1) is 10.1 Å². The highest BCUT2D eigenvalue weighted by Gasteiger charge is 2.45. The molecule has 1 aliphatic rings. The van der Waals surface area contributed by atoms with Gasteiger partial charge in [0.1, 0.15) is 10.1 Å². The Hall–Kier alpha value is -2.69. The van der Waals surface area contributed by atoms with Crippen LogP contribution in [-0.4, -0.2) is 23.1 Å². The molecule has 154 valence electrons. The van der Waals surface area contributed by atoms with Gasteiger partial charge in [0, 0.05) is 22.4 Å². The monoisotopic (exact) mass is 434 g/mol. The first-order chi connectivity index (χ1) is 13.5. The molecule has 2 aromatic carbocycles. The Labute approximate surface area is 171 Å². The molecular weight excluding hydrogens is 412 g/mol. The highest BCUT2D eigenvalue weighted by atomic mass is 32.3. The minimum absolute atomic E-state index is 0.0429. The topological polar surface area (TPSA) is 128 Å². The third-order valence-electron chi connectivity index (χ3n) is 4.53. The Morgan fingerprint density at radius 1 is 1.07 bits per heavy atom. The van der Waals surface area contributed by atoms with Gasteiger partial charge >= 0.3 is 0 Å². The maximum absolute atomic E-state index is 12.8. The summed E-state index contributed by atoms with van der Waals surface area (Å²) < 4.78 is 27.8. The van der Waals surface area contributed by atoms with E-state index in [0.717, 1.165) is 0 Å². The van der Waals surface area contributed by atoms with Crippen molar-refractivity contribution in [3.63, 3.8) is 0 Å². The van der Waals surface area contributed by atoms with Crippen molar-refractivity contribution in [3.8, 4) is 0 Å². The molecule has 8 nitrogen and oxygen atoms in total. The Morgan fingerprint density at radius 3 is 2.17 bits per heavy atom. The lowest BCUT2D eigenvalue weighted by molar-refractivity contribution is -0.384. The first-order valence-electron chi connectivity index (χ1n) is 8.68. The van der Waals surface area contributed by atoms with Crippen LogP contribution in [0.25, 0.3) is 0 Å². The van der Waals surface area contributed by atoms with E-state index in [1.54, 1.807) is 30.3 Å². The summed E-state index contributed by atoms with van der Waals surface area (Å²) in [5.74, 6) is 0. The normalized spacial score (nSPS) is 21.7. The zero-order chi connectivity index (χ0) is 21.4. The smallest absolute Gasteiger partial charge is 0.269 e. The van der Waals surface area contributed by atoms with E-state index < -0.39 is 29.9 Å². The van der Waals surface area contributed by atoms with E-state index in [4.69, 9.17) is 5.14 Å². The summed E-state index contributed by atoms with van der Waals surface area (Å²) in [7, 11) is -6.22. The summed E-state index contributed by atoms with van der Waals surface area (Å²) in [6.07, 6.45) is 1.44. The van der Waals surface area contributed by atoms with E-state index in [0.29, 0.717) is 15.6 Å². The van der Waals surface area contributed by atoms with Crippen LogP contribution in [0.3, 0.4) is 0 Å². The van der Waals surface area contributed by atoms with E-state index in [2.05, 4.69) is 9.71 Å². The number of nitrogens with one attached hydrogen (secondary N) is 1. The van der Waals surface area contributed by atoms with Gasteiger partial charge < -0.3 is 0 Å². The minimum atomic E-state index is -3.84. The SMILES string of the molecule is CC(C)(C)S1(N)C(NS(=O)(=O)c2ccccc2)=CN=C1c1ccc([N+](=O)[O-])cc1. The van der Waals surface area contributed by atoms with E-state index in [9.17, 15) is 18.5 Å². The van der Waals surface area contributed by atoms with Gasteiger partial charge in [0.15, 0.2) is 0 Å². The molecule has 0 saturated carbocycles. The van der Waals surface area contributed by atoms with Gasteiger partial charge in [-0.2, -0.15) is 0 Å². The summed E-state index contributed by atoms with van der Waals surface area (Å²) in [5.41, 5.74) is 0.576. The number of hydrogen-bond donors (Lipinski definition) is 2. The van der Waals surface area contributed by atoms with Crippen LogP contribution in [-0.2, 0) is 10.0 Å². The van der Waals surface area contributed by atoms with Crippen LogP contribution < -0.4 is 9.86 Å². The van der Waals surface area contributed by atoms with Crippen molar-refractivity contribution in [2.45, 2.75) is 30.4 Å². The van der Waals surface area contributed by atoms with Crippen molar-refractivity contribution in [1.82, 2.24) is 4.72 Å². The fraction of sp³-hybridized carbons (Fsp3) is 0.211. The van der Waals surface area contributed by atoms with Gasteiger partial charge in [0.05, 0.1) is 16.0 Å². The molecular formula is C19H22N4O4S2. The van der Waals surface area contributed by atoms with Crippen molar-refractivity contribution < 1.29 is 13.3 Å². The van der Waals surface area contributed by atoms with Crippen LogP contribution >= 0.6 is 10.2 Å². The van der Waals surface area contributed by atoms with Gasteiger partial charge in [-0.1, -0.05) is 49.2 Å². The third-order valence-corrected chi connectivity index (χ3v) is 9.83. The van der Waals surface area contributed by atoms with E-state index in [1.807, 2.05) is 20.8 Å². The van der Waals surface area contributed by atoms with Crippen molar-refractivity contribution >= 4 is 31.0 Å².